The highest BCUT2D eigenvalue weighted by atomic mass is 32.3. The number of aliphatic carboxylic acids is 1. The maximum atomic E-state index is 11.7. The van der Waals surface area contributed by atoms with E-state index in [1.165, 1.54) is 0 Å². The first-order valence-corrected chi connectivity index (χ1v) is 11.6. The van der Waals surface area contributed by atoms with Crippen LogP contribution in [0.2, 0.25) is 0 Å². The molecule has 0 spiro atoms. The molecule has 20 nitrogen and oxygen atoms in total. The van der Waals surface area contributed by atoms with Gasteiger partial charge in [0, 0.05) is 0 Å². The maximum Gasteiger partial charge on any atom is 0.397 e. The summed E-state index contributed by atoms with van der Waals surface area (Å²) in [4.78, 5) is 11.7. The Morgan fingerprint density at radius 1 is 0.943 bits per heavy atom. The van der Waals surface area contributed by atoms with Crippen LogP contribution in [0.1, 0.15) is 0 Å². The summed E-state index contributed by atoms with van der Waals surface area (Å²) in [7, 11) is -5.31. The number of aliphatic hydroxyl groups is 3. The molecule has 7 N–H and O–H groups in total. The lowest BCUT2D eigenvalue weighted by Crippen LogP contribution is -2.63. The molecular formula is C12H20O20S3. The highest BCUT2D eigenvalue weighted by molar-refractivity contribution is 7.89. The molecule has 206 valence electrons. The predicted molar refractivity (Wildman–Crippen MR) is 101 cm³/mol. The third-order valence-electron chi connectivity index (χ3n) is 4.45. The van der Waals surface area contributed by atoms with Crippen LogP contribution < -0.4 is 0 Å². The van der Waals surface area contributed by atoms with Crippen LogP contribution in [-0.2, 0) is 60.7 Å². The zero-order chi connectivity index (χ0) is 26.2. The maximum absolute atomic E-state index is 11.7. The van der Waals surface area contributed by atoms with Gasteiger partial charge in [-0.25, -0.2) is 19.5 Å². The Hall–Kier alpha value is -0.520. The molecule has 2 rings (SSSR count). The van der Waals surface area contributed by atoms with Crippen molar-refractivity contribution in [1.29, 1.82) is 0 Å². The van der Waals surface area contributed by atoms with Crippen molar-refractivity contribution in [3.05, 3.63) is 0 Å². The second-order valence-electron chi connectivity index (χ2n) is 6.50. The molecular weight excluding hydrogens is 560 g/mol. The minimum absolute atomic E-state index is 0.124. The molecule has 2 aliphatic heterocycles. The van der Waals surface area contributed by atoms with E-state index in [9.17, 15) is 33.6 Å². The van der Waals surface area contributed by atoms with Crippen LogP contribution in [0, 0.1) is 0 Å². The van der Waals surface area contributed by atoms with E-state index in [1.54, 1.807) is 0 Å². The molecule has 0 radical (unpaired) electrons. The standard InChI is InChI=1S/C12H20O20S3/c13-1-3-5(14)7(4(24-3)2-23-33-31-29-18)25-12-9(28-35(20,21)22)6(15)8(27-34-32-30-19)10(26-12)11(16)17/h3-10,12-15,18-19H,1-2H2,(H,16,17)(H,20,21,22). The topological polar surface area (TPSA) is 285 Å². The second kappa shape index (κ2) is 14.4. The van der Waals surface area contributed by atoms with E-state index in [0.29, 0.717) is 0 Å². The van der Waals surface area contributed by atoms with Crippen molar-refractivity contribution in [3.8, 4) is 0 Å². The fourth-order valence-electron chi connectivity index (χ4n) is 3.11. The molecule has 0 aromatic carbocycles. The quantitative estimate of drug-likeness (QED) is 0.0339. The Labute approximate surface area is 203 Å². The van der Waals surface area contributed by atoms with Gasteiger partial charge in [-0.1, -0.05) is 10.1 Å². The lowest BCUT2D eigenvalue weighted by Gasteiger charge is -2.42. The highest BCUT2D eigenvalue weighted by Crippen LogP contribution is 2.34. The Balaban J connectivity index is 2.28. The van der Waals surface area contributed by atoms with Gasteiger partial charge in [0.2, 0.25) is 0 Å². The Bertz CT molecular complexity index is 754. The molecule has 0 aromatic heterocycles. The summed E-state index contributed by atoms with van der Waals surface area (Å²) in [5.74, 6) is -1.76. The van der Waals surface area contributed by atoms with Crippen LogP contribution >= 0.6 is 24.6 Å². The number of hydrogen-bond donors (Lipinski definition) is 7. The average Bonchev–Trinajstić information content (AvgIpc) is 3.08. The van der Waals surface area contributed by atoms with Gasteiger partial charge in [0.1, 0.15) is 36.6 Å². The molecule has 0 aromatic rings. The zero-order valence-corrected chi connectivity index (χ0v) is 19.2. The summed E-state index contributed by atoms with van der Waals surface area (Å²) < 4.78 is 69.7. The van der Waals surface area contributed by atoms with Crippen molar-refractivity contribution in [1.82, 2.24) is 0 Å². The first kappa shape index (κ1) is 30.7. The van der Waals surface area contributed by atoms with E-state index in [-0.39, 0.29) is 24.6 Å². The minimum atomic E-state index is -5.31. The van der Waals surface area contributed by atoms with Crippen LogP contribution in [0.25, 0.3) is 0 Å². The van der Waals surface area contributed by atoms with Gasteiger partial charge in [0.15, 0.2) is 43.1 Å². The van der Waals surface area contributed by atoms with Crippen molar-refractivity contribution < 1.29 is 94.2 Å². The Morgan fingerprint density at radius 3 is 2.17 bits per heavy atom. The number of rotatable bonds is 15. The third-order valence-corrected chi connectivity index (χ3v) is 5.68. The fraction of sp³-hybridized carbons (Fsp3) is 0.917. The van der Waals surface area contributed by atoms with Crippen LogP contribution in [0.3, 0.4) is 0 Å². The van der Waals surface area contributed by atoms with Gasteiger partial charge in [-0.2, -0.15) is 8.42 Å². The molecule has 9 unspecified atom stereocenters. The smallest absolute Gasteiger partial charge is 0.397 e. The average molecular weight is 580 g/mol. The largest absolute Gasteiger partial charge is 0.479 e. The van der Waals surface area contributed by atoms with Crippen LogP contribution in [0.15, 0.2) is 0 Å². The molecule has 2 saturated heterocycles. The molecule has 2 aliphatic rings. The van der Waals surface area contributed by atoms with E-state index < -0.39 is 84.7 Å². The summed E-state index contributed by atoms with van der Waals surface area (Å²) in [5, 5.41) is 62.6. The normalized spacial score (nSPS) is 35.9. The molecule has 0 amide bonds. The predicted octanol–water partition coefficient (Wildman–Crippen LogP) is -2.78. The van der Waals surface area contributed by atoms with Crippen LogP contribution in [-0.4, -0.2) is 118 Å². The van der Waals surface area contributed by atoms with E-state index >= 15 is 0 Å². The summed E-state index contributed by atoms with van der Waals surface area (Å²) in [5.41, 5.74) is 0. The zero-order valence-electron chi connectivity index (χ0n) is 16.8. The molecule has 0 saturated carbocycles. The summed E-state index contributed by atoms with van der Waals surface area (Å²) in [6.45, 7) is -1.20. The minimum Gasteiger partial charge on any atom is -0.479 e. The lowest BCUT2D eigenvalue weighted by atomic mass is 9.98. The fourth-order valence-corrected chi connectivity index (χ4v) is 4.21. The van der Waals surface area contributed by atoms with Gasteiger partial charge >= 0.3 is 16.4 Å². The van der Waals surface area contributed by atoms with E-state index in [0.717, 1.165) is 0 Å². The number of hydrogen-bond acceptors (Lipinski definition) is 20. The van der Waals surface area contributed by atoms with Gasteiger partial charge in [-0.15, -0.1) is 8.67 Å². The van der Waals surface area contributed by atoms with Crippen molar-refractivity contribution in [3.63, 3.8) is 0 Å². The third kappa shape index (κ3) is 8.78. The van der Waals surface area contributed by atoms with Crippen molar-refractivity contribution >= 4 is 41.0 Å². The Kier molecular flexibility index (Phi) is 12.7. The molecule has 0 aliphatic carbocycles. The first-order chi connectivity index (χ1) is 16.5. The summed E-state index contributed by atoms with van der Waals surface area (Å²) in [6, 6.07) is 0. The Morgan fingerprint density at radius 2 is 1.60 bits per heavy atom. The highest BCUT2D eigenvalue weighted by Gasteiger charge is 2.55. The van der Waals surface area contributed by atoms with Gasteiger partial charge < -0.3 is 34.6 Å². The summed E-state index contributed by atoms with van der Waals surface area (Å²) >= 11 is -0.0500. The summed E-state index contributed by atoms with van der Waals surface area (Å²) in [6.07, 6.45) is -16.3. The molecule has 35 heavy (non-hydrogen) atoms. The molecule has 9 atom stereocenters. The van der Waals surface area contributed by atoms with Crippen molar-refractivity contribution in [2.45, 2.75) is 55.1 Å². The number of aliphatic hydroxyl groups excluding tert-OH is 3. The van der Waals surface area contributed by atoms with E-state index in [1.807, 2.05) is 0 Å². The van der Waals surface area contributed by atoms with Gasteiger partial charge in [-0.05, 0) is 0 Å². The number of carboxylic acid groups (broad SMARTS) is 1. The molecule has 0 bridgehead atoms. The van der Waals surface area contributed by atoms with Crippen molar-refractivity contribution in [2.75, 3.05) is 13.2 Å². The molecule has 23 heteroatoms. The molecule has 2 heterocycles. The van der Waals surface area contributed by atoms with Gasteiger partial charge in [-0.3, -0.25) is 12.9 Å². The molecule has 2 fully saturated rings. The van der Waals surface area contributed by atoms with Gasteiger partial charge in [0.05, 0.1) is 13.2 Å². The van der Waals surface area contributed by atoms with Crippen molar-refractivity contribution in [2.24, 2.45) is 0 Å². The SMILES string of the molecule is O=C(O)C1OC(OC2C(COSOOO)OC(CO)C2O)C(OS(=O)(=O)O)C(O)C1OSOOO. The van der Waals surface area contributed by atoms with E-state index in [4.69, 9.17) is 37.6 Å². The number of carboxylic acids is 1. The van der Waals surface area contributed by atoms with Crippen LogP contribution in [0.5, 0.6) is 0 Å². The first-order valence-electron chi connectivity index (χ1n) is 8.92. The van der Waals surface area contributed by atoms with E-state index in [2.05, 4.69) is 22.9 Å². The second-order valence-corrected chi connectivity index (χ2v) is 8.52. The van der Waals surface area contributed by atoms with Crippen LogP contribution in [0.4, 0.5) is 0 Å². The number of carbonyl (C=O) groups is 1. The van der Waals surface area contributed by atoms with Gasteiger partial charge in [0.25, 0.3) is 0 Å². The number of ether oxygens (including phenoxy) is 3. The monoisotopic (exact) mass is 580 g/mol. The lowest BCUT2D eigenvalue weighted by molar-refractivity contribution is -0.435.